The molecule has 0 aromatic carbocycles. The minimum absolute atomic E-state index is 0.187. The Balaban J connectivity index is 2.24. The van der Waals surface area contributed by atoms with Crippen LogP contribution in [0.15, 0.2) is 16.8 Å². The Bertz CT molecular complexity index is 440. The molecule has 2 aromatic rings. The maximum absolute atomic E-state index is 5.52. The third kappa shape index (κ3) is 2.32. The Hall–Kier alpha value is -1.89. The SMILES string of the molecule is CNc1nc(N)nc(Nc2ccsc2)n1. The molecule has 2 heterocycles. The maximum atomic E-state index is 5.52. The first kappa shape index (κ1) is 9.66. The largest absolute Gasteiger partial charge is 0.368 e. The summed E-state index contributed by atoms with van der Waals surface area (Å²) in [5.41, 5.74) is 6.46. The molecule has 6 nitrogen and oxygen atoms in total. The van der Waals surface area contributed by atoms with Gasteiger partial charge in [-0.15, -0.1) is 0 Å². The molecule has 0 atom stereocenters. The lowest BCUT2D eigenvalue weighted by Crippen LogP contribution is -2.06. The molecular formula is C8H10N6S. The third-order valence-corrected chi connectivity index (χ3v) is 2.34. The van der Waals surface area contributed by atoms with Crippen molar-refractivity contribution < 1.29 is 0 Å². The van der Waals surface area contributed by atoms with E-state index in [1.165, 1.54) is 0 Å². The monoisotopic (exact) mass is 222 g/mol. The molecule has 15 heavy (non-hydrogen) atoms. The summed E-state index contributed by atoms with van der Waals surface area (Å²) in [5, 5.41) is 9.76. The number of anilines is 4. The number of nitrogens with one attached hydrogen (secondary N) is 2. The van der Waals surface area contributed by atoms with E-state index in [-0.39, 0.29) is 5.95 Å². The van der Waals surface area contributed by atoms with Crippen molar-refractivity contribution in [1.29, 1.82) is 0 Å². The molecule has 2 aromatic heterocycles. The lowest BCUT2D eigenvalue weighted by molar-refractivity contribution is 1.07. The van der Waals surface area contributed by atoms with Gasteiger partial charge in [0.25, 0.3) is 0 Å². The number of hydrogen-bond acceptors (Lipinski definition) is 7. The van der Waals surface area contributed by atoms with Crippen molar-refractivity contribution >= 4 is 34.9 Å². The van der Waals surface area contributed by atoms with Crippen LogP contribution in [0.3, 0.4) is 0 Å². The van der Waals surface area contributed by atoms with E-state index >= 15 is 0 Å². The van der Waals surface area contributed by atoms with Crippen molar-refractivity contribution in [1.82, 2.24) is 15.0 Å². The second-order valence-electron chi connectivity index (χ2n) is 2.73. The van der Waals surface area contributed by atoms with Crippen molar-refractivity contribution in [2.75, 3.05) is 23.4 Å². The van der Waals surface area contributed by atoms with Crippen LogP contribution >= 0.6 is 11.3 Å². The molecule has 4 N–H and O–H groups in total. The van der Waals surface area contributed by atoms with Crippen LogP contribution in [-0.2, 0) is 0 Å². The zero-order valence-corrected chi connectivity index (χ0v) is 8.88. The van der Waals surface area contributed by atoms with Crippen LogP contribution in [0, 0.1) is 0 Å². The Labute approximate surface area is 90.6 Å². The zero-order valence-electron chi connectivity index (χ0n) is 8.06. The van der Waals surface area contributed by atoms with Crippen molar-refractivity contribution in [3.8, 4) is 0 Å². The summed E-state index contributed by atoms with van der Waals surface area (Å²) in [4.78, 5) is 12.0. The quantitative estimate of drug-likeness (QED) is 0.725. The average molecular weight is 222 g/mol. The van der Waals surface area contributed by atoms with Crippen LogP contribution < -0.4 is 16.4 Å². The van der Waals surface area contributed by atoms with Crippen LogP contribution in [0.25, 0.3) is 0 Å². The molecule has 0 aliphatic carbocycles. The maximum Gasteiger partial charge on any atom is 0.233 e. The Morgan fingerprint density at radius 1 is 1.27 bits per heavy atom. The lowest BCUT2D eigenvalue weighted by atomic mass is 10.5. The van der Waals surface area contributed by atoms with E-state index in [9.17, 15) is 0 Å². The Morgan fingerprint density at radius 2 is 2.07 bits per heavy atom. The van der Waals surface area contributed by atoms with E-state index in [0.717, 1.165) is 5.69 Å². The standard InChI is InChI=1S/C8H10N6S/c1-10-7-12-6(9)13-8(14-7)11-5-2-3-15-4-5/h2-4H,1H3,(H4,9,10,11,12,13,14). The van der Waals surface area contributed by atoms with Gasteiger partial charge in [-0.25, -0.2) is 0 Å². The van der Waals surface area contributed by atoms with E-state index in [2.05, 4.69) is 25.6 Å². The number of thiophene rings is 1. The molecule has 2 rings (SSSR count). The predicted molar refractivity (Wildman–Crippen MR) is 61.4 cm³/mol. The van der Waals surface area contributed by atoms with Crippen molar-refractivity contribution in [3.63, 3.8) is 0 Å². The van der Waals surface area contributed by atoms with E-state index in [4.69, 9.17) is 5.73 Å². The van der Waals surface area contributed by atoms with E-state index in [1.54, 1.807) is 18.4 Å². The van der Waals surface area contributed by atoms with Gasteiger partial charge in [-0.1, -0.05) is 0 Å². The summed E-state index contributed by atoms with van der Waals surface area (Å²) in [5.74, 6) is 1.07. The fourth-order valence-electron chi connectivity index (χ4n) is 1.02. The van der Waals surface area contributed by atoms with E-state index in [0.29, 0.717) is 11.9 Å². The summed E-state index contributed by atoms with van der Waals surface area (Å²) >= 11 is 1.59. The number of nitrogens with two attached hydrogens (primary N) is 1. The number of rotatable bonds is 3. The summed E-state index contributed by atoms with van der Waals surface area (Å²) in [6.45, 7) is 0. The highest BCUT2D eigenvalue weighted by Crippen LogP contribution is 2.17. The second kappa shape index (κ2) is 4.09. The minimum Gasteiger partial charge on any atom is -0.368 e. The van der Waals surface area contributed by atoms with Gasteiger partial charge in [0, 0.05) is 12.4 Å². The van der Waals surface area contributed by atoms with Gasteiger partial charge >= 0.3 is 0 Å². The molecule has 0 amide bonds. The van der Waals surface area contributed by atoms with Crippen molar-refractivity contribution in [3.05, 3.63) is 16.8 Å². The molecular weight excluding hydrogens is 212 g/mol. The van der Waals surface area contributed by atoms with Crippen LogP contribution in [0.1, 0.15) is 0 Å². The first-order valence-corrected chi connectivity index (χ1v) is 5.21. The highest BCUT2D eigenvalue weighted by Gasteiger charge is 2.03. The Kier molecular flexibility index (Phi) is 2.64. The van der Waals surface area contributed by atoms with Crippen LogP contribution in [0.4, 0.5) is 23.5 Å². The van der Waals surface area contributed by atoms with Crippen molar-refractivity contribution in [2.24, 2.45) is 0 Å². The topological polar surface area (TPSA) is 88.8 Å². The molecule has 0 saturated carbocycles. The van der Waals surface area contributed by atoms with Gasteiger partial charge in [0.1, 0.15) is 0 Å². The highest BCUT2D eigenvalue weighted by molar-refractivity contribution is 7.08. The second-order valence-corrected chi connectivity index (χ2v) is 3.51. The molecule has 0 bridgehead atoms. The molecule has 0 aliphatic rings. The van der Waals surface area contributed by atoms with Crippen LogP contribution in [0.2, 0.25) is 0 Å². The van der Waals surface area contributed by atoms with Gasteiger partial charge in [0.05, 0.1) is 5.69 Å². The summed E-state index contributed by atoms with van der Waals surface area (Å²) in [7, 11) is 1.73. The number of aromatic nitrogens is 3. The molecule has 0 aliphatic heterocycles. The van der Waals surface area contributed by atoms with Gasteiger partial charge in [0.15, 0.2) is 0 Å². The molecule has 0 fully saturated rings. The molecule has 78 valence electrons. The van der Waals surface area contributed by atoms with Gasteiger partial charge < -0.3 is 16.4 Å². The molecule has 0 radical (unpaired) electrons. The van der Waals surface area contributed by atoms with E-state index < -0.39 is 0 Å². The zero-order chi connectivity index (χ0) is 10.7. The number of nitrogens with zero attached hydrogens (tertiary/aromatic N) is 3. The summed E-state index contributed by atoms with van der Waals surface area (Å²) in [6.07, 6.45) is 0. The normalized spacial score (nSPS) is 9.93. The molecule has 0 saturated heterocycles. The fraction of sp³-hybridized carbons (Fsp3) is 0.125. The highest BCUT2D eigenvalue weighted by atomic mass is 32.1. The van der Waals surface area contributed by atoms with Crippen LogP contribution in [-0.4, -0.2) is 22.0 Å². The molecule has 0 spiro atoms. The Morgan fingerprint density at radius 3 is 2.73 bits per heavy atom. The summed E-state index contributed by atoms with van der Waals surface area (Å²) < 4.78 is 0. The van der Waals surface area contributed by atoms with Crippen molar-refractivity contribution in [2.45, 2.75) is 0 Å². The van der Waals surface area contributed by atoms with E-state index in [1.807, 2.05) is 16.8 Å². The van der Waals surface area contributed by atoms with Crippen LogP contribution in [0.5, 0.6) is 0 Å². The average Bonchev–Trinajstić information content (AvgIpc) is 2.69. The predicted octanol–water partition coefficient (Wildman–Crippen LogP) is 1.30. The van der Waals surface area contributed by atoms with Gasteiger partial charge in [-0.3, -0.25) is 0 Å². The number of hydrogen-bond donors (Lipinski definition) is 3. The smallest absolute Gasteiger partial charge is 0.233 e. The third-order valence-electron chi connectivity index (χ3n) is 1.65. The fourth-order valence-corrected chi connectivity index (χ4v) is 1.61. The lowest BCUT2D eigenvalue weighted by Gasteiger charge is -2.04. The van der Waals surface area contributed by atoms with Gasteiger partial charge in [0.2, 0.25) is 17.8 Å². The number of nitrogen functional groups attached to an aromatic ring is 1. The van der Waals surface area contributed by atoms with Gasteiger partial charge in [-0.05, 0) is 11.4 Å². The first-order chi connectivity index (χ1) is 7.28. The van der Waals surface area contributed by atoms with Gasteiger partial charge in [-0.2, -0.15) is 26.3 Å². The molecule has 0 unspecified atom stereocenters. The first-order valence-electron chi connectivity index (χ1n) is 4.26. The molecule has 7 heteroatoms. The minimum atomic E-state index is 0.187. The summed E-state index contributed by atoms with van der Waals surface area (Å²) in [6, 6.07) is 1.93.